The molecule has 1 aliphatic rings. The molecular weight excluding hydrogens is 478 g/mol. The second kappa shape index (κ2) is 9.65. The number of anilines is 2. The van der Waals surface area contributed by atoms with Gasteiger partial charge in [0.2, 0.25) is 20.0 Å². The third kappa shape index (κ3) is 5.71. The molecular formula is C20H24ClN3O6S2. The largest absolute Gasteiger partial charge is 0.495 e. The monoisotopic (exact) mass is 501 g/mol. The van der Waals surface area contributed by atoms with Crippen LogP contribution in [-0.2, 0) is 20.0 Å². The second-order valence-corrected chi connectivity index (χ2v) is 11.4. The number of halogens is 1. The van der Waals surface area contributed by atoms with Gasteiger partial charge >= 0.3 is 0 Å². The van der Waals surface area contributed by atoms with Crippen LogP contribution in [0.15, 0.2) is 41.3 Å². The number of rotatable bonds is 7. The standard InChI is InChI=1S/C20H24ClN3O6S2/c1-30-19-9-7-15(32(28,29)24-10-4-3-5-11-24)13-18(19)22-20(25)16-8-6-14(12-17(16)21)23-31(2,26)27/h6-9,12-13,23H,3-5,10-11H2,1-2H3,(H,22,25). The summed E-state index contributed by atoms with van der Waals surface area (Å²) in [6.45, 7) is 0.916. The Morgan fingerprint density at radius 1 is 1.03 bits per heavy atom. The molecule has 0 bridgehead atoms. The molecule has 0 aromatic heterocycles. The highest BCUT2D eigenvalue weighted by molar-refractivity contribution is 7.92. The van der Waals surface area contributed by atoms with E-state index in [9.17, 15) is 21.6 Å². The van der Waals surface area contributed by atoms with Gasteiger partial charge in [-0.2, -0.15) is 4.31 Å². The molecule has 0 saturated carbocycles. The summed E-state index contributed by atoms with van der Waals surface area (Å²) in [5, 5.41) is 2.65. The van der Waals surface area contributed by atoms with E-state index in [0.29, 0.717) is 13.1 Å². The molecule has 0 aliphatic carbocycles. The number of piperidine rings is 1. The lowest BCUT2D eigenvalue weighted by atomic mass is 10.2. The fraction of sp³-hybridized carbons (Fsp3) is 0.350. The number of nitrogens with one attached hydrogen (secondary N) is 2. The van der Waals surface area contributed by atoms with Gasteiger partial charge in [-0.3, -0.25) is 9.52 Å². The van der Waals surface area contributed by atoms with Gasteiger partial charge in [-0.05, 0) is 49.2 Å². The van der Waals surface area contributed by atoms with E-state index >= 15 is 0 Å². The first-order valence-electron chi connectivity index (χ1n) is 9.78. The van der Waals surface area contributed by atoms with Gasteiger partial charge in [0, 0.05) is 18.8 Å². The number of hydrogen-bond acceptors (Lipinski definition) is 6. The number of carbonyl (C=O) groups excluding carboxylic acids is 1. The lowest BCUT2D eigenvalue weighted by Gasteiger charge is -2.26. The molecule has 2 aromatic carbocycles. The third-order valence-corrected chi connectivity index (χ3v) is 7.70. The quantitative estimate of drug-likeness (QED) is 0.601. The first-order valence-corrected chi connectivity index (χ1v) is 13.5. The SMILES string of the molecule is COc1ccc(S(=O)(=O)N2CCCCC2)cc1NC(=O)c1ccc(NS(C)(=O)=O)cc1Cl. The Bertz CT molecular complexity index is 1230. The molecule has 1 amide bonds. The molecule has 1 aliphatic heterocycles. The van der Waals surface area contributed by atoms with Crippen LogP contribution in [0.1, 0.15) is 29.6 Å². The van der Waals surface area contributed by atoms with Crippen LogP contribution in [0.5, 0.6) is 5.75 Å². The zero-order valence-corrected chi connectivity index (χ0v) is 20.0. The number of benzene rings is 2. The molecule has 3 rings (SSSR count). The predicted octanol–water partition coefficient (Wildman–Crippen LogP) is 3.15. The predicted molar refractivity (Wildman–Crippen MR) is 123 cm³/mol. The maximum Gasteiger partial charge on any atom is 0.257 e. The summed E-state index contributed by atoms with van der Waals surface area (Å²) in [5.41, 5.74) is 0.461. The topological polar surface area (TPSA) is 122 Å². The molecule has 32 heavy (non-hydrogen) atoms. The molecule has 2 aromatic rings. The minimum atomic E-state index is -3.71. The van der Waals surface area contributed by atoms with Gasteiger partial charge in [0.25, 0.3) is 5.91 Å². The van der Waals surface area contributed by atoms with Crippen molar-refractivity contribution in [3.05, 3.63) is 47.0 Å². The van der Waals surface area contributed by atoms with E-state index in [0.717, 1.165) is 25.5 Å². The first kappa shape index (κ1) is 24.3. The Labute approximate surface area is 192 Å². The van der Waals surface area contributed by atoms with Crippen molar-refractivity contribution < 1.29 is 26.4 Å². The molecule has 0 atom stereocenters. The van der Waals surface area contributed by atoms with Gasteiger partial charge in [0.05, 0.1) is 34.5 Å². The fourth-order valence-electron chi connectivity index (χ4n) is 3.37. The molecule has 174 valence electrons. The Morgan fingerprint density at radius 2 is 1.72 bits per heavy atom. The van der Waals surface area contributed by atoms with Crippen LogP contribution in [-0.4, -0.2) is 53.5 Å². The molecule has 0 radical (unpaired) electrons. The molecule has 0 unspecified atom stereocenters. The van der Waals surface area contributed by atoms with Crippen LogP contribution in [0.4, 0.5) is 11.4 Å². The maximum atomic E-state index is 13.0. The fourth-order valence-corrected chi connectivity index (χ4v) is 5.73. The third-order valence-electron chi connectivity index (χ3n) is 4.89. The van der Waals surface area contributed by atoms with E-state index in [2.05, 4.69) is 10.0 Å². The van der Waals surface area contributed by atoms with Crippen molar-refractivity contribution in [2.45, 2.75) is 24.2 Å². The van der Waals surface area contributed by atoms with Crippen molar-refractivity contribution in [2.24, 2.45) is 0 Å². The van der Waals surface area contributed by atoms with E-state index < -0.39 is 26.0 Å². The number of nitrogens with zero attached hydrogens (tertiary/aromatic N) is 1. The van der Waals surface area contributed by atoms with E-state index in [1.54, 1.807) is 0 Å². The number of ether oxygens (including phenoxy) is 1. The van der Waals surface area contributed by atoms with Gasteiger partial charge in [-0.25, -0.2) is 16.8 Å². The molecule has 1 fully saturated rings. The van der Waals surface area contributed by atoms with Crippen LogP contribution in [0, 0.1) is 0 Å². The summed E-state index contributed by atoms with van der Waals surface area (Å²) in [6, 6.07) is 8.35. The van der Waals surface area contributed by atoms with Gasteiger partial charge in [-0.15, -0.1) is 0 Å². The Balaban J connectivity index is 1.88. The van der Waals surface area contributed by atoms with Crippen LogP contribution in [0.25, 0.3) is 0 Å². The summed E-state index contributed by atoms with van der Waals surface area (Å²) < 4.78 is 57.7. The highest BCUT2D eigenvalue weighted by Crippen LogP contribution is 2.31. The summed E-state index contributed by atoms with van der Waals surface area (Å²) in [6.07, 6.45) is 3.61. The summed E-state index contributed by atoms with van der Waals surface area (Å²) >= 11 is 6.17. The zero-order valence-electron chi connectivity index (χ0n) is 17.6. The van der Waals surface area contributed by atoms with Crippen LogP contribution < -0.4 is 14.8 Å². The molecule has 0 spiro atoms. The summed E-state index contributed by atoms with van der Waals surface area (Å²) in [5.74, 6) is -0.325. The molecule has 2 N–H and O–H groups in total. The Kier molecular flexibility index (Phi) is 7.33. The molecule has 9 nitrogen and oxygen atoms in total. The van der Waals surface area contributed by atoms with Gasteiger partial charge in [-0.1, -0.05) is 18.0 Å². The van der Waals surface area contributed by atoms with E-state index in [1.165, 1.54) is 47.8 Å². The second-order valence-electron chi connectivity index (χ2n) is 7.35. The van der Waals surface area contributed by atoms with E-state index in [-0.39, 0.29) is 32.6 Å². The van der Waals surface area contributed by atoms with Crippen molar-refractivity contribution in [1.29, 1.82) is 0 Å². The van der Waals surface area contributed by atoms with Crippen LogP contribution >= 0.6 is 11.6 Å². The highest BCUT2D eigenvalue weighted by Gasteiger charge is 2.27. The highest BCUT2D eigenvalue weighted by atomic mass is 35.5. The maximum absolute atomic E-state index is 13.0. The minimum Gasteiger partial charge on any atom is -0.495 e. The van der Waals surface area contributed by atoms with Crippen molar-refractivity contribution in [3.8, 4) is 5.75 Å². The average Bonchev–Trinajstić information content (AvgIpc) is 2.73. The normalized spacial score (nSPS) is 15.2. The number of hydrogen-bond donors (Lipinski definition) is 2. The molecule has 1 saturated heterocycles. The Hall–Kier alpha value is -2.34. The van der Waals surface area contributed by atoms with Crippen LogP contribution in [0.2, 0.25) is 5.02 Å². The number of methoxy groups -OCH3 is 1. The van der Waals surface area contributed by atoms with Crippen molar-refractivity contribution in [3.63, 3.8) is 0 Å². The zero-order chi connectivity index (χ0) is 23.5. The number of sulfonamides is 2. The lowest BCUT2D eigenvalue weighted by molar-refractivity contribution is 0.102. The summed E-state index contributed by atoms with van der Waals surface area (Å²) in [7, 11) is -5.80. The average molecular weight is 502 g/mol. The number of carbonyl (C=O) groups is 1. The number of amides is 1. The van der Waals surface area contributed by atoms with Crippen LogP contribution in [0.3, 0.4) is 0 Å². The van der Waals surface area contributed by atoms with Crippen molar-refractivity contribution in [2.75, 3.05) is 36.5 Å². The van der Waals surface area contributed by atoms with E-state index in [4.69, 9.17) is 16.3 Å². The smallest absolute Gasteiger partial charge is 0.257 e. The van der Waals surface area contributed by atoms with Gasteiger partial charge < -0.3 is 10.1 Å². The van der Waals surface area contributed by atoms with Gasteiger partial charge in [0.1, 0.15) is 5.75 Å². The molecule has 12 heteroatoms. The minimum absolute atomic E-state index is 0.0206. The molecule has 1 heterocycles. The van der Waals surface area contributed by atoms with Crippen molar-refractivity contribution >= 4 is 48.9 Å². The summed E-state index contributed by atoms with van der Waals surface area (Å²) in [4.78, 5) is 12.9. The van der Waals surface area contributed by atoms with Gasteiger partial charge in [0.15, 0.2) is 0 Å². The van der Waals surface area contributed by atoms with E-state index in [1.807, 2.05) is 0 Å². The first-order chi connectivity index (χ1) is 15.0. The Morgan fingerprint density at radius 3 is 2.31 bits per heavy atom. The lowest BCUT2D eigenvalue weighted by Crippen LogP contribution is -2.35. The van der Waals surface area contributed by atoms with Crippen molar-refractivity contribution in [1.82, 2.24) is 4.31 Å².